The van der Waals surface area contributed by atoms with Crippen molar-refractivity contribution in [2.24, 2.45) is 0 Å². The van der Waals surface area contributed by atoms with Crippen molar-refractivity contribution in [3.63, 3.8) is 0 Å². The lowest BCUT2D eigenvalue weighted by atomic mass is 9.83. The molecule has 1 aromatic rings. The first-order valence-corrected chi connectivity index (χ1v) is 6.69. The quantitative estimate of drug-likeness (QED) is 0.669. The second-order valence-electron chi connectivity index (χ2n) is 5.48. The zero-order valence-electron chi connectivity index (χ0n) is 11.1. The van der Waals surface area contributed by atoms with Gasteiger partial charge in [0.25, 0.3) is 0 Å². The molecule has 0 heterocycles. The van der Waals surface area contributed by atoms with Crippen LogP contribution in [0.3, 0.4) is 0 Å². The van der Waals surface area contributed by atoms with E-state index in [1.807, 2.05) is 0 Å². The van der Waals surface area contributed by atoms with Crippen LogP contribution in [-0.2, 0) is 6.54 Å². The highest BCUT2D eigenvalue weighted by molar-refractivity contribution is 5.36. The molecule has 5 heteroatoms. The molecule has 1 aliphatic rings. The molecule has 1 saturated carbocycles. The fourth-order valence-electron chi connectivity index (χ4n) is 2.66. The van der Waals surface area contributed by atoms with Gasteiger partial charge in [-0.15, -0.1) is 0 Å². The first-order valence-electron chi connectivity index (χ1n) is 6.69. The Kier molecular flexibility index (Phi) is 4.14. The van der Waals surface area contributed by atoms with Gasteiger partial charge in [-0.1, -0.05) is 31.4 Å². The highest BCUT2D eigenvalue weighted by Crippen LogP contribution is 2.28. The van der Waals surface area contributed by atoms with Crippen molar-refractivity contribution < 1.29 is 9.31 Å². The highest BCUT2D eigenvalue weighted by Gasteiger charge is 2.26. The summed E-state index contributed by atoms with van der Waals surface area (Å²) < 4.78 is 13.9. The van der Waals surface area contributed by atoms with E-state index in [-0.39, 0.29) is 5.54 Å². The number of hydrogen-bond acceptors (Lipinski definition) is 3. The van der Waals surface area contributed by atoms with Crippen LogP contribution in [0.4, 0.5) is 10.1 Å². The van der Waals surface area contributed by atoms with Gasteiger partial charge in [0, 0.05) is 23.7 Å². The third-order valence-corrected chi connectivity index (χ3v) is 3.92. The van der Waals surface area contributed by atoms with E-state index in [1.54, 1.807) is 6.07 Å². The van der Waals surface area contributed by atoms with Gasteiger partial charge in [0.2, 0.25) is 5.82 Å². The maximum Gasteiger partial charge on any atom is 0.305 e. The van der Waals surface area contributed by atoms with Gasteiger partial charge in [-0.3, -0.25) is 10.1 Å². The summed E-state index contributed by atoms with van der Waals surface area (Å²) in [5, 5.41) is 14.0. The molecular formula is C14H19FN2O2. The van der Waals surface area contributed by atoms with Gasteiger partial charge < -0.3 is 5.32 Å². The van der Waals surface area contributed by atoms with Crippen molar-refractivity contribution in [2.45, 2.75) is 51.1 Å². The van der Waals surface area contributed by atoms with Crippen molar-refractivity contribution in [1.82, 2.24) is 5.32 Å². The average molecular weight is 266 g/mol. The summed E-state index contributed by atoms with van der Waals surface area (Å²) in [7, 11) is 0. The summed E-state index contributed by atoms with van der Waals surface area (Å²) in [5.74, 6) is -0.723. The number of nitrogens with one attached hydrogen (secondary N) is 1. The molecule has 0 aromatic heterocycles. The minimum Gasteiger partial charge on any atom is -0.307 e. The van der Waals surface area contributed by atoms with E-state index in [4.69, 9.17) is 0 Å². The van der Waals surface area contributed by atoms with Crippen LogP contribution in [0.15, 0.2) is 18.2 Å². The minimum absolute atomic E-state index is 0.0231. The molecule has 2 rings (SSSR count). The lowest BCUT2D eigenvalue weighted by Gasteiger charge is -2.34. The molecule has 4 nitrogen and oxygen atoms in total. The molecule has 1 aromatic carbocycles. The van der Waals surface area contributed by atoms with E-state index in [0.717, 1.165) is 12.8 Å². The molecule has 1 aliphatic carbocycles. The first-order chi connectivity index (χ1) is 9.02. The number of benzene rings is 1. The fraction of sp³-hybridized carbons (Fsp3) is 0.571. The monoisotopic (exact) mass is 266 g/mol. The van der Waals surface area contributed by atoms with E-state index in [0.29, 0.717) is 12.1 Å². The molecule has 1 N–H and O–H groups in total. The Morgan fingerprint density at radius 3 is 2.68 bits per heavy atom. The predicted molar refractivity (Wildman–Crippen MR) is 71.4 cm³/mol. The van der Waals surface area contributed by atoms with Crippen LogP contribution in [-0.4, -0.2) is 10.5 Å². The minimum atomic E-state index is -0.723. The number of hydrogen-bond donors (Lipinski definition) is 1. The molecule has 104 valence electrons. The van der Waals surface area contributed by atoms with E-state index in [1.165, 1.54) is 31.4 Å². The Balaban J connectivity index is 2.07. The molecule has 0 spiro atoms. The number of nitrogens with zero attached hydrogens (tertiary/aromatic N) is 1. The topological polar surface area (TPSA) is 55.2 Å². The fourth-order valence-corrected chi connectivity index (χ4v) is 2.66. The van der Waals surface area contributed by atoms with E-state index >= 15 is 0 Å². The number of nitro benzene ring substituents is 1. The van der Waals surface area contributed by atoms with E-state index < -0.39 is 16.4 Å². The van der Waals surface area contributed by atoms with Crippen molar-refractivity contribution in [2.75, 3.05) is 0 Å². The smallest absolute Gasteiger partial charge is 0.305 e. The van der Waals surface area contributed by atoms with Gasteiger partial charge in [0.1, 0.15) is 0 Å². The van der Waals surface area contributed by atoms with Crippen LogP contribution in [0.25, 0.3) is 0 Å². The van der Waals surface area contributed by atoms with Gasteiger partial charge >= 0.3 is 5.69 Å². The Hall–Kier alpha value is -1.49. The van der Waals surface area contributed by atoms with Gasteiger partial charge in [0.15, 0.2) is 0 Å². The summed E-state index contributed by atoms with van der Waals surface area (Å²) in [5.41, 5.74) is -0.0657. The molecule has 0 saturated heterocycles. The second kappa shape index (κ2) is 5.65. The standard InChI is InChI=1S/C14H19FN2O2/c1-14(8-3-2-4-9-14)16-10-11-6-5-7-12(13(11)15)17(18)19/h5-7,16H,2-4,8-10H2,1H3. The molecule has 0 atom stereocenters. The molecule has 1 fully saturated rings. The SMILES string of the molecule is CC1(NCc2cccc([N+](=O)[O-])c2F)CCCCC1. The van der Waals surface area contributed by atoms with Crippen molar-refractivity contribution in [1.29, 1.82) is 0 Å². The molecule has 0 amide bonds. The first kappa shape index (κ1) is 13.9. The van der Waals surface area contributed by atoms with Crippen molar-refractivity contribution >= 4 is 5.69 Å². The third-order valence-electron chi connectivity index (χ3n) is 3.92. The third kappa shape index (κ3) is 3.29. The van der Waals surface area contributed by atoms with Crippen molar-refractivity contribution in [3.8, 4) is 0 Å². The van der Waals surface area contributed by atoms with Crippen LogP contribution in [0.5, 0.6) is 0 Å². The summed E-state index contributed by atoms with van der Waals surface area (Å²) in [6.45, 7) is 2.48. The lowest BCUT2D eigenvalue weighted by molar-refractivity contribution is -0.387. The Morgan fingerprint density at radius 1 is 1.37 bits per heavy atom. The predicted octanol–water partition coefficient (Wildman–Crippen LogP) is 3.55. The number of halogens is 1. The van der Waals surface area contributed by atoms with Gasteiger partial charge in [-0.05, 0) is 19.8 Å². The van der Waals surface area contributed by atoms with Crippen LogP contribution in [0.1, 0.15) is 44.6 Å². The normalized spacial score (nSPS) is 18.2. The van der Waals surface area contributed by atoms with Gasteiger partial charge in [-0.25, -0.2) is 0 Å². The maximum absolute atomic E-state index is 13.9. The van der Waals surface area contributed by atoms with Gasteiger partial charge in [0.05, 0.1) is 4.92 Å². The zero-order chi connectivity index (χ0) is 13.9. The number of rotatable bonds is 4. The summed E-state index contributed by atoms with van der Waals surface area (Å²) >= 11 is 0. The van der Waals surface area contributed by atoms with Crippen LogP contribution < -0.4 is 5.32 Å². The Bertz CT molecular complexity index is 471. The summed E-state index contributed by atoms with van der Waals surface area (Å²) in [4.78, 5) is 10.0. The molecule has 0 bridgehead atoms. The molecule has 0 radical (unpaired) electrons. The van der Waals surface area contributed by atoms with Crippen LogP contribution in [0, 0.1) is 15.9 Å². The van der Waals surface area contributed by atoms with Gasteiger partial charge in [-0.2, -0.15) is 4.39 Å². The Morgan fingerprint density at radius 2 is 2.05 bits per heavy atom. The second-order valence-corrected chi connectivity index (χ2v) is 5.48. The van der Waals surface area contributed by atoms with E-state index in [9.17, 15) is 14.5 Å². The summed E-state index contributed by atoms with van der Waals surface area (Å²) in [6.07, 6.45) is 5.76. The Labute approximate surface area is 112 Å². The highest BCUT2D eigenvalue weighted by atomic mass is 19.1. The largest absolute Gasteiger partial charge is 0.307 e. The maximum atomic E-state index is 13.9. The van der Waals surface area contributed by atoms with Crippen LogP contribution >= 0.6 is 0 Å². The van der Waals surface area contributed by atoms with Crippen LogP contribution in [0.2, 0.25) is 0 Å². The molecule has 19 heavy (non-hydrogen) atoms. The molecule has 0 unspecified atom stereocenters. The average Bonchev–Trinajstić information content (AvgIpc) is 2.38. The lowest BCUT2D eigenvalue weighted by Crippen LogP contribution is -2.43. The van der Waals surface area contributed by atoms with Crippen molar-refractivity contribution in [3.05, 3.63) is 39.7 Å². The summed E-state index contributed by atoms with van der Waals surface area (Å²) in [6, 6.07) is 4.32. The number of nitro groups is 1. The molecular weight excluding hydrogens is 247 g/mol. The zero-order valence-corrected chi connectivity index (χ0v) is 11.1. The molecule has 0 aliphatic heterocycles. The van der Waals surface area contributed by atoms with E-state index in [2.05, 4.69) is 12.2 Å².